The first-order chi connectivity index (χ1) is 70.7. The Morgan fingerprint density at radius 1 is 0.568 bits per heavy atom. The number of carbonyl (C=O) groups excluding carboxylic acids is 6. The molecule has 0 bridgehead atoms. The van der Waals surface area contributed by atoms with Crippen LogP contribution >= 0.6 is 11.8 Å². The Labute approximate surface area is 853 Å². The van der Waals surface area contributed by atoms with Gasteiger partial charge in [0.1, 0.15) is 24.0 Å². The maximum absolute atomic E-state index is 14.6. The maximum atomic E-state index is 14.6. The SMILES string of the molecule is C/C(=C\C(Cc1cccnc1)=C(/C)c1ccccc1)C(=O)N(C)C.CC1ON=C(c2ccccc2)C1(C)Cc1cccnc1.COC(=O)C1=C(C)NC(C)=C(C(=O)Cc2cccnc2)C1c1ccccc1.COC(=O)c1cccc(-c2ccccc2)c1.NC(=O)Cn1c(SCc2cccnc2)nnc1-c1ccccc1.O=C(O)C1=CC(C2CC2)c2cc(-c3ccccc3)c(F)cc2C1=O.On1ccnc1-c1ccccc1. The van der Waals surface area contributed by atoms with Crippen LogP contribution in [0, 0.1) is 17.2 Å². The number of aromatic nitrogens is 9. The number of allylic oxidation sites excluding steroid dienone is 7. The molecule has 4 atom stereocenters. The molecule has 2 aliphatic carbocycles. The number of halogens is 1. The summed E-state index contributed by atoms with van der Waals surface area (Å²) in [5.74, 6) is -1.91. The fraction of sp³-hybridized carbons (Fsp3) is 0.185. The first-order valence-electron chi connectivity index (χ1n) is 47.4. The number of ketones is 2. The number of carboxylic acid groups (broad SMARTS) is 1. The van der Waals surface area contributed by atoms with E-state index in [1.165, 1.54) is 49.4 Å². The normalized spacial score (nSPS) is 15.4. The number of thioether (sulfide) groups is 1. The van der Waals surface area contributed by atoms with E-state index in [0.29, 0.717) is 56.4 Å². The minimum absolute atomic E-state index is 0.0274. The van der Waals surface area contributed by atoms with Crippen molar-refractivity contribution >= 4 is 64.3 Å². The molecule has 4 aliphatic rings. The Bertz CT molecular complexity index is 7180. The van der Waals surface area contributed by atoms with Gasteiger partial charge in [-0.3, -0.25) is 43.7 Å². The van der Waals surface area contributed by atoms with Crippen molar-refractivity contribution in [2.45, 2.75) is 109 Å². The van der Waals surface area contributed by atoms with E-state index in [2.05, 4.69) is 107 Å². The summed E-state index contributed by atoms with van der Waals surface area (Å²) >= 11 is 1.50. The molecule has 1 fully saturated rings. The Morgan fingerprint density at radius 2 is 1.07 bits per heavy atom. The number of aliphatic carboxylic acids is 1. The minimum atomic E-state index is -1.25. The highest BCUT2D eigenvalue weighted by Crippen LogP contribution is 2.49. The van der Waals surface area contributed by atoms with E-state index in [4.69, 9.17) is 15.3 Å². The molecule has 0 spiro atoms. The van der Waals surface area contributed by atoms with E-state index >= 15 is 0 Å². The minimum Gasteiger partial charge on any atom is -0.478 e. The summed E-state index contributed by atoms with van der Waals surface area (Å²) in [7, 11) is 6.28. The molecule has 6 aromatic heterocycles. The predicted molar refractivity (Wildman–Crippen MR) is 566 cm³/mol. The highest BCUT2D eigenvalue weighted by Gasteiger charge is 2.45. The molecule has 0 saturated heterocycles. The van der Waals surface area contributed by atoms with E-state index in [9.17, 15) is 48.3 Å². The molecule has 2 aliphatic heterocycles. The van der Waals surface area contributed by atoms with Gasteiger partial charge in [-0.25, -0.2) is 23.8 Å². The van der Waals surface area contributed by atoms with Crippen molar-refractivity contribution in [3.05, 3.63) is 472 Å². The molecule has 9 aromatic carbocycles. The lowest BCUT2D eigenvalue weighted by molar-refractivity contribution is -0.136. The Balaban J connectivity index is 0.000000144. The lowest BCUT2D eigenvalue weighted by Gasteiger charge is -2.30. The number of nitrogens with two attached hydrogens (primary N) is 1. The van der Waals surface area contributed by atoms with Gasteiger partial charge >= 0.3 is 17.9 Å². The molecule has 8 heterocycles. The third-order valence-corrected chi connectivity index (χ3v) is 25.7. The lowest BCUT2D eigenvalue weighted by Crippen LogP contribution is -2.36. The number of oxime groups is 1. The molecular weight excluding hydrogens is 1850 g/mol. The number of ether oxygens (including phenoxy) is 2. The van der Waals surface area contributed by atoms with Crippen LogP contribution in [0.3, 0.4) is 0 Å². The van der Waals surface area contributed by atoms with Gasteiger partial charge in [0, 0.05) is 144 Å². The monoisotopic (exact) mass is 1970 g/mol. The molecule has 15 aromatic rings. The molecule has 146 heavy (non-hydrogen) atoms. The number of Topliss-reactive ketones (excluding diaryl/α,β-unsaturated/α-hetero) is 2. The van der Waals surface area contributed by atoms with Crippen molar-refractivity contribution in [2.24, 2.45) is 22.2 Å². The second-order valence-corrected chi connectivity index (χ2v) is 36.2. The summed E-state index contributed by atoms with van der Waals surface area (Å²) in [5.41, 5.74) is 25.6. The second kappa shape index (κ2) is 51.9. The van der Waals surface area contributed by atoms with Gasteiger partial charge in [0.15, 0.2) is 28.4 Å². The molecule has 1 saturated carbocycles. The number of esters is 2. The topological polar surface area (TPSA) is 341 Å². The van der Waals surface area contributed by atoms with Gasteiger partial charge in [-0.15, -0.1) is 10.2 Å². The fourth-order valence-electron chi connectivity index (χ4n) is 16.9. The quantitative estimate of drug-likeness (QED) is 0.0103. The smallest absolute Gasteiger partial charge is 0.339 e. The van der Waals surface area contributed by atoms with Crippen molar-refractivity contribution in [3.63, 3.8) is 0 Å². The fourth-order valence-corrected chi connectivity index (χ4v) is 17.8. The van der Waals surface area contributed by atoms with Crippen LogP contribution in [0.15, 0.2) is 421 Å². The Hall–Kier alpha value is -17.3. The van der Waals surface area contributed by atoms with E-state index in [1.807, 2.05) is 282 Å². The molecule has 19 rings (SSSR count). The van der Waals surface area contributed by atoms with Crippen LogP contribution in [0.2, 0.25) is 0 Å². The van der Waals surface area contributed by atoms with Crippen molar-refractivity contribution in [1.29, 1.82) is 0 Å². The van der Waals surface area contributed by atoms with Crippen LogP contribution in [-0.4, -0.2) is 141 Å². The summed E-state index contributed by atoms with van der Waals surface area (Å²) in [6.45, 7) is 12.0. The number of methoxy groups -OCH3 is 2. The second-order valence-electron chi connectivity index (χ2n) is 35.2. The number of nitrogens with one attached hydrogen (secondary N) is 1. The number of hydrogen-bond donors (Lipinski definition) is 4. The van der Waals surface area contributed by atoms with Crippen LogP contribution < -0.4 is 11.1 Å². The third kappa shape index (κ3) is 28.3. The first-order valence-corrected chi connectivity index (χ1v) is 48.3. The summed E-state index contributed by atoms with van der Waals surface area (Å²) < 4.78 is 27.0. The zero-order valence-corrected chi connectivity index (χ0v) is 83.6. The van der Waals surface area contributed by atoms with Gasteiger partial charge < -0.3 is 40.6 Å². The number of dihydropyridines is 1. The van der Waals surface area contributed by atoms with Crippen molar-refractivity contribution in [2.75, 3.05) is 28.3 Å². The standard InChI is InChI=1S/C22H22N2O3.C21H24N2O.C20H15FO3.C17H18N2O.C16H15N5OS.C14H12O2.C9H8N2O/c1-14-19(18(25)12-16-8-7-11-23-13-16)21(17-9-5-4-6-10-17)20(15(2)24-14)22(26)27-3;1-16(21(24)23(3)4)13-20(14-18-9-8-12-22-15-18)17(2)19-10-6-5-7-11-19;21-18-10-16-15(9-14(18)11-4-2-1-3-5-11)13(12-6-7-12)8-17(19(16)22)20(23)24;1-13-17(2,11-14-7-6-10-18-12-14)16(19-20-13)15-8-4-3-5-9-15;17-14(22)10-21-15(13-6-2-1-3-7-13)19-20-16(21)23-11-12-5-4-8-18-9-12;1-16-14(15)13-9-5-8-12(10-13)11-6-3-2-4-7-11;12-11-7-6-10-9(11)8-4-2-1-3-5-8/h4-11,13,21,24H,12H2,1-3H3;5-13,15H,14H2,1-4H3;1-5,8-10,12-13H,6-7H2,(H,23,24);3-10,12-13H,11H2,1-2H3;1-9H,10-11H2,(H2,17,22);2-10H,1H3;1-7,12H/b;16-13+,20-17-;;;;;. The summed E-state index contributed by atoms with van der Waals surface area (Å²) in [4.78, 5) is 112. The van der Waals surface area contributed by atoms with E-state index in [-0.39, 0.29) is 59.2 Å². The molecule has 740 valence electrons. The number of hydrogen-bond acceptors (Lipinski definition) is 21. The molecular formula is C119H114FN13O12S. The number of carboxylic acids is 1. The molecule has 4 unspecified atom stereocenters. The summed E-state index contributed by atoms with van der Waals surface area (Å²) in [5, 5.41) is 35.1. The van der Waals surface area contributed by atoms with Crippen molar-refractivity contribution < 1.29 is 62.6 Å². The summed E-state index contributed by atoms with van der Waals surface area (Å²) in [6.07, 6.45) is 24.8. The third-order valence-electron chi connectivity index (χ3n) is 24.7. The van der Waals surface area contributed by atoms with Crippen LogP contribution in [0.4, 0.5) is 4.39 Å². The molecule has 27 heteroatoms. The molecule has 5 N–H and O–H groups in total. The number of fused-ring (bicyclic) bond motifs is 1. The van der Waals surface area contributed by atoms with Gasteiger partial charge in [-0.1, -0.05) is 272 Å². The van der Waals surface area contributed by atoms with Gasteiger partial charge in [0.05, 0.1) is 42.7 Å². The Morgan fingerprint density at radius 3 is 1.59 bits per heavy atom. The number of primary amides is 1. The number of rotatable bonds is 25. The largest absolute Gasteiger partial charge is 0.478 e. The van der Waals surface area contributed by atoms with Gasteiger partial charge in [-0.05, 0) is 195 Å². The Kier molecular flexibility index (Phi) is 37.7. The lowest BCUT2D eigenvalue weighted by atomic mass is 9.73. The number of imidazole rings is 1. The molecule has 2 amide bonds. The number of carbonyl (C=O) groups is 7. The van der Waals surface area contributed by atoms with Crippen LogP contribution in [-0.2, 0) is 69.8 Å². The zero-order valence-electron chi connectivity index (χ0n) is 82.7. The highest BCUT2D eigenvalue weighted by molar-refractivity contribution is 7.98. The number of pyridine rings is 4. The average Bonchev–Trinajstić information content (AvgIpc) is 1.41. The number of nitrogens with zero attached hydrogens (tertiary/aromatic N) is 11. The van der Waals surface area contributed by atoms with Crippen LogP contribution in [0.5, 0.6) is 0 Å². The van der Waals surface area contributed by atoms with E-state index in [1.54, 1.807) is 85.1 Å². The maximum Gasteiger partial charge on any atom is 0.339 e. The molecule has 25 nitrogen and oxygen atoms in total. The van der Waals surface area contributed by atoms with Crippen molar-refractivity contribution in [1.82, 2.24) is 54.6 Å². The van der Waals surface area contributed by atoms with Gasteiger partial charge in [0.2, 0.25) is 11.8 Å². The zero-order chi connectivity index (χ0) is 104. The highest BCUT2D eigenvalue weighted by atomic mass is 32.2. The number of benzene rings is 9. The van der Waals surface area contributed by atoms with E-state index < -0.39 is 35.4 Å². The summed E-state index contributed by atoms with van der Waals surface area (Å²) in [6, 6.07) is 94.3. The number of likely N-dealkylation sites (N-methyl/N-ethyl adjacent to an activating group) is 1. The predicted octanol–water partition coefficient (Wildman–Crippen LogP) is 22.1. The van der Waals surface area contributed by atoms with Gasteiger partial charge in [-0.2, -0.15) is 4.73 Å². The van der Waals surface area contributed by atoms with Gasteiger partial charge in [0.25, 0.3) is 0 Å². The van der Waals surface area contributed by atoms with Crippen LogP contribution in [0.1, 0.15) is 131 Å². The number of amides is 2. The van der Waals surface area contributed by atoms with Crippen LogP contribution in [0.25, 0.3) is 50.6 Å². The van der Waals surface area contributed by atoms with E-state index in [0.717, 1.165) is 120 Å². The molecule has 0 radical (unpaired) electrons. The average molecular weight is 1970 g/mol. The first kappa shape index (κ1) is 106. The van der Waals surface area contributed by atoms with Crippen molar-refractivity contribution in [3.8, 4) is 45.0 Å².